The second kappa shape index (κ2) is 8.70. The third-order valence-corrected chi connectivity index (χ3v) is 6.44. The molecule has 0 bridgehead atoms. The molecule has 172 valence electrons. The molecule has 2 N–H and O–H groups in total. The Kier molecular flexibility index (Phi) is 5.74. The van der Waals surface area contributed by atoms with Gasteiger partial charge < -0.3 is 15.2 Å². The van der Waals surface area contributed by atoms with E-state index in [4.69, 9.17) is 20.2 Å². The highest BCUT2D eigenvalue weighted by atomic mass is 16.5. The van der Waals surface area contributed by atoms with Gasteiger partial charge in [-0.3, -0.25) is 9.30 Å². The van der Waals surface area contributed by atoms with Crippen molar-refractivity contribution in [3.8, 4) is 17.3 Å². The molecule has 0 saturated carbocycles. The minimum atomic E-state index is -0.124. The average molecular weight is 447 g/mol. The molecule has 1 aromatic carbocycles. The number of hydrogen-bond donors (Lipinski definition) is 1. The van der Waals surface area contributed by atoms with Crippen molar-refractivity contribution < 1.29 is 9.47 Å². The molecule has 8 nitrogen and oxygen atoms in total. The Balaban J connectivity index is 1.47. The topological polar surface area (TPSA) is 90.8 Å². The molecule has 0 aliphatic carbocycles. The van der Waals surface area contributed by atoms with E-state index >= 15 is 0 Å². The molecule has 1 aliphatic heterocycles. The number of pyridine rings is 2. The zero-order chi connectivity index (χ0) is 23.0. The standard InChI is InChI=1S/C25H30N6O2/c1-17(30-11-10-25(2,26)16-30)19-6-9-23-28-29-24(31(23)15-19)21-8-5-18-4-7-20(14-22(18)27-21)33-13-12-32-3/h4-9,14-15,17H,10-13,16,26H2,1-3H3/t17-,25+/m1/s1. The van der Waals surface area contributed by atoms with Crippen LogP contribution < -0.4 is 10.5 Å². The highest BCUT2D eigenvalue weighted by Gasteiger charge is 2.32. The summed E-state index contributed by atoms with van der Waals surface area (Å²) in [6.45, 7) is 7.29. The van der Waals surface area contributed by atoms with Gasteiger partial charge in [0.25, 0.3) is 0 Å². The van der Waals surface area contributed by atoms with Crippen LogP contribution in [0.3, 0.4) is 0 Å². The summed E-state index contributed by atoms with van der Waals surface area (Å²) in [5.74, 6) is 1.49. The molecule has 0 spiro atoms. The summed E-state index contributed by atoms with van der Waals surface area (Å²) in [7, 11) is 1.66. The van der Waals surface area contributed by atoms with Crippen LogP contribution in [0.4, 0.5) is 0 Å². The molecule has 0 radical (unpaired) electrons. The molecule has 1 saturated heterocycles. The molecular formula is C25H30N6O2. The highest BCUT2D eigenvalue weighted by Crippen LogP contribution is 2.29. The van der Waals surface area contributed by atoms with E-state index in [1.54, 1.807) is 7.11 Å². The first kappa shape index (κ1) is 21.8. The van der Waals surface area contributed by atoms with Crippen molar-refractivity contribution in [3.63, 3.8) is 0 Å². The van der Waals surface area contributed by atoms with E-state index < -0.39 is 0 Å². The van der Waals surface area contributed by atoms with Gasteiger partial charge in [0.15, 0.2) is 11.5 Å². The van der Waals surface area contributed by atoms with Crippen LogP contribution in [0.25, 0.3) is 28.1 Å². The van der Waals surface area contributed by atoms with E-state index in [1.165, 1.54) is 5.56 Å². The molecule has 1 fully saturated rings. The fraction of sp³-hybridized carbons (Fsp3) is 0.400. The molecule has 4 heterocycles. The van der Waals surface area contributed by atoms with E-state index in [1.807, 2.05) is 34.7 Å². The Hall–Kier alpha value is -3.07. The van der Waals surface area contributed by atoms with E-state index in [0.29, 0.717) is 13.2 Å². The van der Waals surface area contributed by atoms with Crippen LogP contribution in [-0.2, 0) is 4.74 Å². The number of rotatable bonds is 7. The van der Waals surface area contributed by atoms with Gasteiger partial charge in [0.2, 0.25) is 0 Å². The third-order valence-electron chi connectivity index (χ3n) is 6.44. The maximum atomic E-state index is 6.36. The van der Waals surface area contributed by atoms with Gasteiger partial charge in [0.05, 0.1) is 12.1 Å². The van der Waals surface area contributed by atoms with Crippen LogP contribution in [-0.4, -0.2) is 63.4 Å². The van der Waals surface area contributed by atoms with Gasteiger partial charge in [-0.05, 0) is 50.1 Å². The van der Waals surface area contributed by atoms with Gasteiger partial charge in [0, 0.05) is 49.4 Å². The van der Waals surface area contributed by atoms with Crippen molar-refractivity contribution in [2.24, 2.45) is 5.73 Å². The number of likely N-dealkylation sites (tertiary alicyclic amines) is 1. The lowest BCUT2D eigenvalue weighted by Gasteiger charge is -2.26. The number of benzene rings is 1. The lowest BCUT2D eigenvalue weighted by Crippen LogP contribution is -2.39. The summed E-state index contributed by atoms with van der Waals surface area (Å²) in [6, 6.07) is 14.3. The van der Waals surface area contributed by atoms with Gasteiger partial charge in [-0.15, -0.1) is 10.2 Å². The second-order valence-corrected chi connectivity index (χ2v) is 9.16. The van der Waals surface area contributed by atoms with Crippen molar-refractivity contribution in [1.82, 2.24) is 24.5 Å². The maximum Gasteiger partial charge on any atom is 0.187 e. The Morgan fingerprint density at radius 3 is 2.76 bits per heavy atom. The minimum Gasteiger partial charge on any atom is -0.491 e. The molecule has 33 heavy (non-hydrogen) atoms. The number of fused-ring (bicyclic) bond motifs is 2. The number of nitrogens with two attached hydrogens (primary N) is 1. The number of aromatic nitrogens is 4. The maximum absolute atomic E-state index is 6.36. The fourth-order valence-electron chi connectivity index (χ4n) is 4.45. The van der Waals surface area contributed by atoms with Crippen LogP contribution in [0, 0.1) is 0 Å². The van der Waals surface area contributed by atoms with Gasteiger partial charge in [-0.1, -0.05) is 12.1 Å². The third kappa shape index (κ3) is 4.42. The van der Waals surface area contributed by atoms with E-state index in [9.17, 15) is 0 Å². The monoisotopic (exact) mass is 446 g/mol. The Morgan fingerprint density at radius 2 is 1.97 bits per heavy atom. The van der Waals surface area contributed by atoms with Gasteiger partial charge in [0.1, 0.15) is 18.1 Å². The first-order chi connectivity index (χ1) is 15.9. The largest absolute Gasteiger partial charge is 0.491 e. The summed E-state index contributed by atoms with van der Waals surface area (Å²) in [4.78, 5) is 7.30. The predicted molar refractivity (Wildman–Crippen MR) is 128 cm³/mol. The van der Waals surface area contributed by atoms with Crippen LogP contribution in [0.2, 0.25) is 0 Å². The van der Waals surface area contributed by atoms with Gasteiger partial charge in [-0.2, -0.15) is 0 Å². The zero-order valence-corrected chi connectivity index (χ0v) is 19.4. The molecule has 0 amide bonds. The van der Waals surface area contributed by atoms with Gasteiger partial charge >= 0.3 is 0 Å². The van der Waals surface area contributed by atoms with Crippen LogP contribution in [0.15, 0.2) is 48.7 Å². The molecule has 1 aliphatic rings. The molecule has 0 unspecified atom stereocenters. The summed E-state index contributed by atoms with van der Waals surface area (Å²) < 4.78 is 12.8. The number of hydrogen-bond acceptors (Lipinski definition) is 7. The highest BCUT2D eigenvalue weighted by molar-refractivity contribution is 5.82. The van der Waals surface area contributed by atoms with Gasteiger partial charge in [-0.25, -0.2) is 4.98 Å². The molecule has 2 atom stereocenters. The van der Waals surface area contributed by atoms with Crippen molar-refractivity contribution in [3.05, 3.63) is 54.2 Å². The normalized spacial score (nSPS) is 20.0. The average Bonchev–Trinajstić information content (AvgIpc) is 3.40. The number of ether oxygens (including phenoxy) is 2. The SMILES string of the molecule is COCCOc1ccc2ccc(-c3nnc4ccc([C@@H](C)N5CC[C@](C)(N)C5)cn34)nc2c1. The number of nitrogens with zero attached hydrogens (tertiary/aromatic N) is 5. The lowest BCUT2D eigenvalue weighted by molar-refractivity contribution is 0.146. The molecule has 3 aromatic heterocycles. The Morgan fingerprint density at radius 1 is 1.12 bits per heavy atom. The van der Waals surface area contributed by atoms with Crippen LogP contribution >= 0.6 is 0 Å². The first-order valence-corrected chi connectivity index (χ1v) is 11.3. The van der Waals surface area contributed by atoms with E-state index in [2.05, 4.69) is 47.3 Å². The van der Waals surface area contributed by atoms with Crippen LogP contribution in [0.1, 0.15) is 31.9 Å². The van der Waals surface area contributed by atoms with E-state index in [-0.39, 0.29) is 11.6 Å². The molecule has 5 rings (SSSR count). The lowest BCUT2D eigenvalue weighted by atomic mass is 10.0. The molecule has 8 heteroatoms. The minimum absolute atomic E-state index is 0.124. The summed E-state index contributed by atoms with van der Waals surface area (Å²) >= 11 is 0. The smallest absolute Gasteiger partial charge is 0.187 e. The Bertz CT molecular complexity index is 1280. The van der Waals surface area contributed by atoms with Crippen molar-refractivity contribution in [1.29, 1.82) is 0 Å². The summed E-state index contributed by atoms with van der Waals surface area (Å²) in [5.41, 5.74) is 9.85. The molecule has 4 aromatic rings. The van der Waals surface area contributed by atoms with E-state index in [0.717, 1.165) is 53.3 Å². The first-order valence-electron chi connectivity index (χ1n) is 11.3. The quantitative estimate of drug-likeness (QED) is 0.435. The summed E-state index contributed by atoms with van der Waals surface area (Å²) in [6.07, 6.45) is 3.13. The predicted octanol–water partition coefficient (Wildman–Crippen LogP) is 3.45. The van der Waals surface area contributed by atoms with Crippen LogP contribution in [0.5, 0.6) is 5.75 Å². The number of methoxy groups -OCH3 is 1. The van der Waals surface area contributed by atoms with Crippen molar-refractivity contribution in [2.75, 3.05) is 33.4 Å². The zero-order valence-electron chi connectivity index (χ0n) is 19.4. The second-order valence-electron chi connectivity index (χ2n) is 9.16. The van der Waals surface area contributed by atoms with Crippen molar-refractivity contribution >= 4 is 16.6 Å². The fourth-order valence-corrected chi connectivity index (χ4v) is 4.45. The summed E-state index contributed by atoms with van der Waals surface area (Å²) in [5, 5.41) is 9.85. The Labute approximate surface area is 193 Å². The molecular weight excluding hydrogens is 416 g/mol. The van der Waals surface area contributed by atoms with Crippen molar-refractivity contribution in [2.45, 2.75) is 31.8 Å².